The summed E-state index contributed by atoms with van der Waals surface area (Å²) in [6.07, 6.45) is 0.525. The van der Waals surface area contributed by atoms with Crippen molar-refractivity contribution in [3.05, 3.63) is 35.6 Å². The van der Waals surface area contributed by atoms with E-state index in [2.05, 4.69) is 12.6 Å². The second kappa shape index (κ2) is 6.26. The van der Waals surface area contributed by atoms with Crippen LogP contribution in [0.2, 0.25) is 0 Å². The molecule has 2 atom stereocenters. The molecule has 4 nitrogen and oxygen atoms in total. The quantitative estimate of drug-likeness (QED) is 0.812. The number of benzene rings is 1. The number of carboxylic acid groups (broad SMARTS) is 1. The van der Waals surface area contributed by atoms with E-state index in [-0.39, 0.29) is 24.1 Å². The van der Waals surface area contributed by atoms with Gasteiger partial charge in [0.15, 0.2) is 0 Å². The first-order chi connectivity index (χ1) is 9.51. The van der Waals surface area contributed by atoms with Crippen LogP contribution >= 0.6 is 12.6 Å². The topological polar surface area (TPSA) is 57.6 Å². The lowest BCUT2D eigenvalue weighted by atomic mass is 10.0. The average Bonchev–Trinajstić information content (AvgIpc) is 2.79. The van der Waals surface area contributed by atoms with Crippen LogP contribution in [-0.2, 0) is 16.0 Å². The van der Waals surface area contributed by atoms with Crippen molar-refractivity contribution in [3.8, 4) is 0 Å². The molecule has 1 N–H and O–H groups in total. The fourth-order valence-electron chi connectivity index (χ4n) is 2.41. The summed E-state index contributed by atoms with van der Waals surface area (Å²) in [5.41, 5.74) is 0.695. The smallest absolute Gasteiger partial charge is 0.326 e. The van der Waals surface area contributed by atoms with Crippen molar-refractivity contribution in [2.24, 2.45) is 5.92 Å². The normalized spacial score (nSPS) is 20.2. The van der Waals surface area contributed by atoms with E-state index < -0.39 is 12.0 Å². The van der Waals surface area contributed by atoms with Gasteiger partial charge in [0.05, 0.1) is 0 Å². The number of carbonyl (C=O) groups is 2. The van der Waals surface area contributed by atoms with Crippen LogP contribution in [-0.4, -0.2) is 40.2 Å². The van der Waals surface area contributed by atoms with Gasteiger partial charge in [0.1, 0.15) is 11.9 Å². The molecule has 20 heavy (non-hydrogen) atoms. The van der Waals surface area contributed by atoms with E-state index in [1.54, 1.807) is 12.1 Å². The summed E-state index contributed by atoms with van der Waals surface area (Å²) in [5, 5.41) is 9.34. The zero-order valence-electron chi connectivity index (χ0n) is 10.8. The Hall–Kier alpha value is -1.56. The molecule has 2 rings (SSSR count). The molecule has 1 fully saturated rings. The van der Waals surface area contributed by atoms with Crippen LogP contribution in [0.1, 0.15) is 12.0 Å². The maximum absolute atomic E-state index is 12.9. The largest absolute Gasteiger partial charge is 0.480 e. The van der Waals surface area contributed by atoms with Gasteiger partial charge in [-0.3, -0.25) is 4.79 Å². The molecule has 6 heteroatoms. The summed E-state index contributed by atoms with van der Waals surface area (Å²) in [4.78, 5) is 24.7. The number of hydrogen-bond donors (Lipinski definition) is 2. The van der Waals surface area contributed by atoms with Crippen molar-refractivity contribution in [3.63, 3.8) is 0 Å². The molecular formula is C14H16FNO3S. The van der Waals surface area contributed by atoms with Gasteiger partial charge in [-0.1, -0.05) is 12.1 Å². The zero-order chi connectivity index (χ0) is 14.7. The Balaban J connectivity index is 2.13. The first-order valence-electron chi connectivity index (χ1n) is 6.39. The lowest BCUT2D eigenvalue weighted by Gasteiger charge is -2.24. The van der Waals surface area contributed by atoms with Crippen LogP contribution in [0.4, 0.5) is 4.39 Å². The highest BCUT2D eigenvalue weighted by Gasteiger charge is 2.37. The third kappa shape index (κ3) is 3.30. The Morgan fingerprint density at radius 1 is 1.45 bits per heavy atom. The summed E-state index contributed by atoms with van der Waals surface area (Å²) in [6, 6.07) is 4.76. The molecule has 1 saturated heterocycles. The van der Waals surface area contributed by atoms with E-state index in [0.717, 1.165) is 0 Å². The Bertz CT molecular complexity index is 506. The highest BCUT2D eigenvalue weighted by Crippen LogP contribution is 2.23. The van der Waals surface area contributed by atoms with E-state index in [4.69, 9.17) is 0 Å². The minimum Gasteiger partial charge on any atom is -0.480 e. The van der Waals surface area contributed by atoms with E-state index in [1.165, 1.54) is 17.0 Å². The van der Waals surface area contributed by atoms with Gasteiger partial charge in [-0.2, -0.15) is 12.6 Å². The molecule has 1 amide bonds. The molecule has 0 aromatic heterocycles. The maximum Gasteiger partial charge on any atom is 0.326 e. The predicted octanol–water partition coefficient (Wildman–Crippen LogP) is 1.60. The molecule has 1 aromatic rings. The standard InChI is InChI=1S/C14H16FNO3S/c15-11-3-1-9(2-4-11)5-12(14(18)19)16-7-10(8-20)6-13(16)17/h1-4,10,12,20H,5-8H2,(H,18,19)/t10?,12-/m0/s1. The third-order valence-corrected chi connectivity index (χ3v) is 4.02. The first-order valence-corrected chi connectivity index (χ1v) is 7.02. The minimum absolute atomic E-state index is 0.0981. The maximum atomic E-state index is 12.9. The number of rotatable bonds is 5. The molecular weight excluding hydrogens is 281 g/mol. The summed E-state index contributed by atoms with van der Waals surface area (Å²) in [7, 11) is 0. The van der Waals surface area contributed by atoms with Crippen molar-refractivity contribution in [2.75, 3.05) is 12.3 Å². The second-order valence-corrected chi connectivity index (χ2v) is 5.35. The van der Waals surface area contributed by atoms with Gasteiger partial charge in [0, 0.05) is 19.4 Å². The van der Waals surface area contributed by atoms with Crippen LogP contribution in [0.5, 0.6) is 0 Å². The average molecular weight is 297 g/mol. The lowest BCUT2D eigenvalue weighted by molar-refractivity contribution is -0.148. The Morgan fingerprint density at radius 3 is 2.60 bits per heavy atom. The van der Waals surface area contributed by atoms with Crippen LogP contribution < -0.4 is 0 Å². The molecule has 1 unspecified atom stereocenters. The lowest BCUT2D eigenvalue weighted by Crippen LogP contribution is -2.43. The zero-order valence-corrected chi connectivity index (χ0v) is 11.7. The molecule has 0 radical (unpaired) electrons. The van der Waals surface area contributed by atoms with Crippen LogP contribution in [0.3, 0.4) is 0 Å². The molecule has 1 aromatic carbocycles. The second-order valence-electron chi connectivity index (χ2n) is 4.98. The highest BCUT2D eigenvalue weighted by molar-refractivity contribution is 7.80. The fourth-order valence-corrected chi connectivity index (χ4v) is 2.65. The number of halogens is 1. The van der Waals surface area contributed by atoms with E-state index in [1.807, 2.05) is 0 Å². The van der Waals surface area contributed by atoms with Crippen molar-refractivity contribution in [2.45, 2.75) is 18.9 Å². The van der Waals surface area contributed by atoms with Crippen LogP contribution in [0.25, 0.3) is 0 Å². The predicted molar refractivity (Wildman–Crippen MR) is 75.2 cm³/mol. The number of nitrogens with zero attached hydrogens (tertiary/aromatic N) is 1. The van der Waals surface area contributed by atoms with E-state index in [0.29, 0.717) is 24.3 Å². The Kier molecular flexibility index (Phi) is 4.65. The van der Waals surface area contributed by atoms with Gasteiger partial charge in [0.2, 0.25) is 5.91 Å². The van der Waals surface area contributed by atoms with Gasteiger partial charge >= 0.3 is 5.97 Å². The van der Waals surface area contributed by atoms with Gasteiger partial charge in [-0.05, 0) is 29.4 Å². The molecule has 1 aliphatic heterocycles. The summed E-state index contributed by atoms with van der Waals surface area (Å²) in [6.45, 7) is 0.417. The minimum atomic E-state index is -1.04. The monoisotopic (exact) mass is 297 g/mol. The molecule has 108 valence electrons. The third-order valence-electron chi connectivity index (χ3n) is 3.50. The van der Waals surface area contributed by atoms with Crippen molar-refractivity contribution in [1.29, 1.82) is 0 Å². The fraction of sp³-hybridized carbons (Fsp3) is 0.429. The summed E-state index contributed by atoms with van der Waals surface area (Å²) < 4.78 is 12.9. The number of amides is 1. The number of hydrogen-bond acceptors (Lipinski definition) is 3. The molecule has 1 aliphatic rings. The number of thiol groups is 1. The molecule has 0 aliphatic carbocycles. The Labute approximate surface area is 122 Å². The van der Waals surface area contributed by atoms with Crippen molar-refractivity contribution in [1.82, 2.24) is 4.90 Å². The molecule has 0 bridgehead atoms. The van der Waals surface area contributed by atoms with Gasteiger partial charge in [-0.25, -0.2) is 9.18 Å². The number of carboxylic acids is 1. The number of likely N-dealkylation sites (tertiary alicyclic amines) is 1. The van der Waals surface area contributed by atoms with Crippen molar-refractivity contribution < 1.29 is 19.1 Å². The summed E-state index contributed by atoms with van der Waals surface area (Å²) >= 11 is 4.16. The number of carbonyl (C=O) groups excluding carboxylic acids is 1. The van der Waals surface area contributed by atoms with E-state index in [9.17, 15) is 19.1 Å². The van der Waals surface area contributed by atoms with Gasteiger partial charge in [0.25, 0.3) is 0 Å². The molecule has 1 heterocycles. The van der Waals surface area contributed by atoms with Crippen LogP contribution in [0, 0.1) is 11.7 Å². The number of aliphatic carboxylic acids is 1. The van der Waals surface area contributed by atoms with Crippen molar-refractivity contribution >= 4 is 24.5 Å². The van der Waals surface area contributed by atoms with Gasteiger partial charge < -0.3 is 10.0 Å². The summed E-state index contributed by atoms with van der Waals surface area (Å²) in [5.74, 6) is -0.902. The molecule has 0 spiro atoms. The first kappa shape index (κ1) is 14.8. The Morgan fingerprint density at radius 2 is 2.10 bits per heavy atom. The highest BCUT2D eigenvalue weighted by atomic mass is 32.1. The molecule has 0 saturated carbocycles. The van der Waals surface area contributed by atoms with Crippen LogP contribution in [0.15, 0.2) is 24.3 Å². The van der Waals surface area contributed by atoms with E-state index >= 15 is 0 Å². The SMILES string of the molecule is O=C(O)[C@H](Cc1ccc(F)cc1)N1CC(CS)CC1=O. The van der Waals surface area contributed by atoms with Gasteiger partial charge in [-0.15, -0.1) is 0 Å².